The molecule has 3 rings (SSSR count). The first-order valence-electron chi connectivity index (χ1n) is 20.6. The SMILES string of the molecule is C=C(C)C(=O)OCCCc1cc(-c2ccc(OCc3ccc(CCCCCCCC)cc3)cc2)ccc1OCC(COC(=O)C(C)=O)(COC(=O)C(C)=O)COC(=O)C(C)=O. The lowest BCUT2D eigenvalue weighted by molar-refractivity contribution is -0.170. The summed E-state index contributed by atoms with van der Waals surface area (Å²) in [5.41, 5.74) is 3.33. The molecule has 13 nitrogen and oxygen atoms in total. The molecule has 0 aliphatic heterocycles. The van der Waals surface area contributed by atoms with Crippen molar-refractivity contribution in [2.75, 3.05) is 33.0 Å². The van der Waals surface area contributed by atoms with E-state index < -0.39 is 73.1 Å². The van der Waals surface area contributed by atoms with Gasteiger partial charge >= 0.3 is 23.9 Å². The largest absolute Gasteiger partial charge is 0.492 e. The zero-order valence-corrected chi connectivity index (χ0v) is 36.0. The highest BCUT2D eigenvalue weighted by Gasteiger charge is 2.39. The highest BCUT2D eigenvalue weighted by Crippen LogP contribution is 2.31. The summed E-state index contributed by atoms with van der Waals surface area (Å²) in [6.45, 7) is 8.42. The second-order valence-corrected chi connectivity index (χ2v) is 15.2. The Morgan fingerprint density at radius 2 is 1.05 bits per heavy atom. The van der Waals surface area contributed by atoms with Gasteiger partial charge in [-0.1, -0.05) is 88.1 Å². The second kappa shape index (κ2) is 25.5. The minimum atomic E-state index is -1.68. The summed E-state index contributed by atoms with van der Waals surface area (Å²) in [6, 6.07) is 21.5. The van der Waals surface area contributed by atoms with Crippen LogP contribution in [0.5, 0.6) is 11.5 Å². The van der Waals surface area contributed by atoms with Gasteiger partial charge in [-0.05, 0) is 84.7 Å². The Hall–Kier alpha value is -6.11. The lowest BCUT2D eigenvalue weighted by atomic mass is 9.91. The van der Waals surface area contributed by atoms with E-state index >= 15 is 0 Å². The van der Waals surface area contributed by atoms with Crippen LogP contribution in [0.25, 0.3) is 11.1 Å². The fourth-order valence-electron chi connectivity index (χ4n) is 5.91. The summed E-state index contributed by atoms with van der Waals surface area (Å²) in [4.78, 5) is 83.9. The van der Waals surface area contributed by atoms with Crippen LogP contribution in [0.1, 0.15) is 96.3 Å². The van der Waals surface area contributed by atoms with E-state index in [0.717, 1.165) is 43.9 Å². The molecule has 0 spiro atoms. The number of carbonyl (C=O) groups is 7. The third kappa shape index (κ3) is 17.6. The summed E-state index contributed by atoms with van der Waals surface area (Å²) in [5, 5.41) is 0. The van der Waals surface area contributed by atoms with E-state index in [1.807, 2.05) is 36.4 Å². The monoisotopic (exact) mass is 842 g/mol. The Kier molecular flexibility index (Phi) is 20.6. The maximum Gasteiger partial charge on any atom is 0.374 e. The van der Waals surface area contributed by atoms with Crippen molar-refractivity contribution in [3.63, 3.8) is 0 Å². The maximum atomic E-state index is 12.2. The van der Waals surface area contributed by atoms with Crippen LogP contribution in [-0.4, -0.2) is 74.3 Å². The maximum absolute atomic E-state index is 12.2. The first-order valence-corrected chi connectivity index (χ1v) is 20.6. The van der Waals surface area contributed by atoms with Gasteiger partial charge in [0.2, 0.25) is 17.3 Å². The minimum Gasteiger partial charge on any atom is -0.492 e. The van der Waals surface area contributed by atoms with E-state index in [0.29, 0.717) is 36.5 Å². The van der Waals surface area contributed by atoms with Gasteiger partial charge in [0.1, 0.15) is 49.9 Å². The van der Waals surface area contributed by atoms with Crippen LogP contribution in [-0.2, 0) is 72.0 Å². The highest BCUT2D eigenvalue weighted by atomic mass is 16.6. The molecule has 0 bridgehead atoms. The van der Waals surface area contributed by atoms with Crippen molar-refractivity contribution in [1.82, 2.24) is 0 Å². The van der Waals surface area contributed by atoms with E-state index in [9.17, 15) is 33.6 Å². The summed E-state index contributed by atoms with van der Waals surface area (Å²) in [7, 11) is 0. The molecule has 61 heavy (non-hydrogen) atoms. The number of hydrogen-bond donors (Lipinski definition) is 0. The second-order valence-electron chi connectivity index (χ2n) is 15.2. The molecule has 13 heteroatoms. The van der Waals surface area contributed by atoms with Gasteiger partial charge in [-0.25, -0.2) is 19.2 Å². The van der Waals surface area contributed by atoms with Crippen molar-refractivity contribution in [3.05, 3.63) is 95.6 Å². The van der Waals surface area contributed by atoms with Crippen LogP contribution in [0, 0.1) is 5.41 Å². The molecule has 0 radical (unpaired) electrons. The molecule has 0 saturated heterocycles. The smallest absolute Gasteiger partial charge is 0.374 e. The molecule has 0 heterocycles. The molecule has 0 aliphatic carbocycles. The van der Waals surface area contributed by atoms with Crippen molar-refractivity contribution in [2.45, 2.75) is 99.0 Å². The van der Waals surface area contributed by atoms with E-state index in [2.05, 4.69) is 37.8 Å². The van der Waals surface area contributed by atoms with Crippen molar-refractivity contribution in [1.29, 1.82) is 0 Å². The third-order valence-electron chi connectivity index (χ3n) is 9.59. The summed E-state index contributed by atoms with van der Waals surface area (Å²) in [6.07, 6.45) is 9.42. The van der Waals surface area contributed by atoms with Crippen molar-refractivity contribution in [2.24, 2.45) is 5.41 Å². The molecule has 0 amide bonds. The predicted molar refractivity (Wildman–Crippen MR) is 227 cm³/mol. The van der Waals surface area contributed by atoms with Crippen molar-refractivity contribution in [3.8, 4) is 22.6 Å². The van der Waals surface area contributed by atoms with E-state index in [1.165, 1.54) is 44.1 Å². The van der Waals surface area contributed by atoms with Crippen LogP contribution in [0.3, 0.4) is 0 Å². The highest BCUT2D eigenvalue weighted by molar-refractivity contribution is 6.33. The van der Waals surface area contributed by atoms with Crippen LogP contribution >= 0.6 is 0 Å². The Morgan fingerprint density at radius 3 is 1.59 bits per heavy atom. The lowest BCUT2D eigenvalue weighted by Gasteiger charge is -2.32. The fourth-order valence-corrected chi connectivity index (χ4v) is 5.91. The standard InChI is InChI=1S/C48H58O13/c1-7-8-9-10-11-12-14-37-16-18-38(19-17-37)28-57-42-23-20-39(21-24-42)40-22-25-43(41(27-40)15-13-26-56-44(52)33(2)3)58-29-48(30-59-45(53)34(4)49,31-60-46(54)35(5)50)32-61-47(55)36(6)51/h16-25,27H,2,7-15,26,28-32H2,1,3-6H3. The van der Waals surface area contributed by atoms with Gasteiger partial charge in [0.15, 0.2) is 0 Å². The molecule has 0 N–H and O–H groups in total. The number of hydrogen-bond acceptors (Lipinski definition) is 13. The summed E-state index contributed by atoms with van der Waals surface area (Å²) < 4.78 is 33.1. The van der Waals surface area contributed by atoms with Gasteiger partial charge < -0.3 is 28.4 Å². The average molecular weight is 843 g/mol. The number of rotatable bonds is 28. The molecule has 0 atom stereocenters. The summed E-state index contributed by atoms with van der Waals surface area (Å²) in [5.74, 6) is -5.96. The van der Waals surface area contributed by atoms with Gasteiger partial charge in [-0.2, -0.15) is 0 Å². The van der Waals surface area contributed by atoms with Crippen molar-refractivity contribution >= 4 is 41.2 Å². The number of aryl methyl sites for hydroxylation is 2. The third-order valence-corrected chi connectivity index (χ3v) is 9.59. The number of ether oxygens (including phenoxy) is 6. The molecular formula is C48H58O13. The van der Waals surface area contributed by atoms with E-state index in [1.54, 1.807) is 13.0 Å². The molecule has 3 aromatic carbocycles. The molecule has 0 unspecified atom stereocenters. The number of ketones is 3. The number of esters is 4. The molecule has 3 aromatic rings. The van der Waals surface area contributed by atoms with Crippen LogP contribution in [0.2, 0.25) is 0 Å². The van der Waals surface area contributed by atoms with Crippen LogP contribution in [0.4, 0.5) is 0 Å². The Balaban J connectivity index is 1.83. The Bertz CT molecular complexity index is 1900. The molecule has 0 aromatic heterocycles. The average Bonchev–Trinajstić information content (AvgIpc) is 3.25. The Labute approximate surface area is 358 Å². The molecule has 0 aliphatic rings. The first-order chi connectivity index (χ1) is 29.1. The molecule has 0 saturated carbocycles. The van der Waals surface area contributed by atoms with E-state index in [-0.39, 0.29) is 12.2 Å². The lowest BCUT2D eigenvalue weighted by Crippen LogP contribution is -2.45. The predicted octanol–water partition coefficient (Wildman–Crippen LogP) is 7.65. The fraction of sp³-hybridized carbons (Fsp3) is 0.438. The Morgan fingerprint density at radius 1 is 0.525 bits per heavy atom. The van der Waals surface area contributed by atoms with Gasteiger partial charge in [0, 0.05) is 26.3 Å². The summed E-state index contributed by atoms with van der Waals surface area (Å²) >= 11 is 0. The molecular weight excluding hydrogens is 785 g/mol. The van der Waals surface area contributed by atoms with E-state index in [4.69, 9.17) is 28.4 Å². The van der Waals surface area contributed by atoms with Crippen LogP contribution in [0.15, 0.2) is 78.9 Å². The van der Waals surface area contributed by atoms with Gasteiger partial charge in [0.05, 0.1) is 6.61 Å². The van der Waals surface area contributed by atoms with Gasteiger partial charge in [-0.15, -0.1) is 0 Å². The van der Waals surface area contributed by atoms with Gasteiger partial charge in [-0.3, -0.25) is 14.4 Å². The topological polar surface area (TPSA) is 175 Å². The quantitative estimate of drug-likeness (QED) is 0.0229. The number of Topliss-reactive ketones (excluding diaryl/α,β-unsaturated/α-hetero) is 3. The first kappa shape index (κ1) is 49.3. The van der Waals surface area contributed by atoms with Crippen LogP contribution < -0.4 is 9.47 Å². The molecule has 0 fully saturated rings. The number of benzene rings is 3. The minimum absolute atomic E-state index is 0.0795. The molecule has 328 valence electrons. The zero-order valence-electron chi connectivity index (χ0n) is 36.0. The van der Waals surface area contributed by atoms with Crippen molar-refractivity contribution < 1.29 is 62.0 Å². The normalized spacial score (nSPS) is 10.9. The zero-order chi connectivity index (χ0) is 44.8. The number of unbranched alkanes of at least 4 members (excludes halogenated alkanes) is 5. The number of carbonyl (C=O) groups excluding carboxylic acids is 7. The van der Waals surface area contributed by atoms with Gasteiger partial charge in [0.25, 0.3) is 0 Å².